The van der Waals surface area contributed by atoms with Gasteiger partial charge in [0.15, 0.2) is 0 Å². The summed E-state index contributed by atoms with van der Waals surface area (Å²) in [7, 11) is 1.74. The third-order valence-corrected chi connectivity index (χ3v) is 5.10. The Bertz CT molecular complexity index is 439. The average Bonchev–Trinajstić information content (AvgIpc) is 2.95. The second kappa shape index (κ2) is 6.59. The number of hydrazine groups is 1. The number of hydrogen-bond donors (Lipinski definition) is 2. The maximum atomic E-state index is 5.90. The van der Waals surface area contributed by atoms with Crippen LogP contribution < -0.4 is 16.0 Å². The topological polar surface area (TPSA) is 47.3 Å². The lowest BCUT2D eigenvalue weighted by atomic mass is 9.74. The van der Waals surface area contributed by atoms with Crippen molar-refractivity contribution in [3.05, 3.63) is 29.3 Å². The van der Waals surface area contributed by atoms with Crippen LogP contribution in [0.25, 0.3) is 0 Å². The number of benzene rings is 1. The fourth-order valence-electron chi connectivity index (χ4n) is 3.77. The van der Waals surface area contributed by atoms with E-state index in [9.17, 15) is 0 Å². The molecule has 1 atom stereocenters. The third kappa shape index (κ3) is 2.99. The minimum atomic E-state index is 0.325. The van der Waals surface area contributed by atoms with Crippen LogP contribution >= 0.6 is 0 Å². The molecule has 112 valence electrons. The molecule has 0 saturated heterocycles. The van der Waals surface area contributed by atoms with E-state index in [2.05, 4.69) is 37.5 Å². The molecule has 1 aliphatic carbocycles. The van der Waals surface area contributed by atoms with Crippen LogP contribution in [-0.4, -0.2) is 13.2 Å². The Morgan fingerprint density at radius 1 is 1.35 bits per heavy atom. The maximum absolute atomic E-state index is 5.90. The molecule has 1 unspecified atom stereocenters. The fourth-order valence-corrected chi connectivity index (χ4v) is 3.77. The van der Waals surface area contributed by atoms with Crippen LogP contribution in [0.1, 0.15) is 50.2 Å². The predicted octanol–water partition coefficient (Wildman–Crippen LogP) is 3.35. The number of hydrogen-bond acceptors (Lipinski definition) is 3. The molecule has 0 radical (unpaired) electrons. The van der Waals surface area contributed by atoms with E-state index >= 15 is 0 Å². The number of methoxy groups -OCH3 is 1. The Morgan fingerprint density at radius 2 is 2.05 bits per heavy atom. The highest BCUT2D eigenvalue weighted by molar-refractivity contribution is 5.37. The number of nitrogens with two attached hydrogens (primary N) is 1. The normalized spacial score (nSPS) is 19.0. The van der Waals surface area contributed by atoms with E-state index < -0.39 is 0 Å². The van der Waals surface area contributed by atoms with Crippen molar-refractivity contribution in [2.75, 3.05) is 7.11 Å². The van der Waals surface area contributed by atoms with E-state index in [0.29, 0.717) is 11.5 Å². The van der Waals surface area contributed by atoms with Crippen molar-refractivity contribution in [1.82, 2.24) is 5.43 Å². The second-order valence-corrected chi connectivity index (χ2v) is 6.16. The molecule has 0 spiro atoms. The second-order valence-electron chi connectivity index (χ2n) is 6.16. The molecule has 2 rings (SSSR count). The summed E-state index contributed by atoms with van der Waals surface area (Å²) >= 11 is 0. The standard InChI is InChI=1S/C17H28N2O/c1-4-17(9-5-6-10-17)16(19-18)12-14-11-13(2)7-8-15(14)20-3/h7-8,11,16,19H,4-6,9-10,12,18H2,1-3H3. The zero-order chi connectivity index (χ0) is 14.6. The van der Waals surface area contributed by atoms with Crippen molar-refractivity contribution in [2.24, 2.45) is 11.3 Å². The average molecular weight is 276 g/mol. The highest BCUT2D eigenvalue weighted by Gasteiger charge is 2.39. The Kier molecular flexibility index (Phi) is 5.06. The molecule has 1 saturated carbocycles. The van der Waals surface area contributed by atoms with Gasteiger partial charge in [-0.1, -0.05) is 37.5 Å². The number of nitrogens with one attached hydrogen (secondary N) is 1. The summed E-state index contributed by atoms with van der Waals surface area (Å²) in [5.41, 5.74) is 5.98. The Morgan fingerprint density at radius 3 is 2.60 bits per heavy atom. The minimum Gasteiger partial charge on any atom is -0.496 e. The minimum absolute atomic E-state index is 0.325. The first kappa shape index (κ1) is 15.3. The predicted molar refractivity (Wildman–Crippen MR) is 83.7 cm³/mol. The van der Waals surface area contributed by atoms with Crippen LogP contribution in [0.4, 0.5) is 0 Å². The van der Waals surface area contributed by atoms with Gasteiger partial charge < -0.3 is 4.74 Å². The quantitative estimate of drug-likeness (QED) is 0.619. The van der Waals surface area contributed by atoms with E-state index in [-0.39, 0.29) is 0 Å². The molecule has 0 amide bonds. The van der Waals surface area contributed by atoms with Gasteiger partial charge in [-0.3, -0.25) is 11.3 Å². The lowest BCUT2D eigenvalue weighted by molar-refractivity contribution is 0.184. The SMILES string of the molecule is CCC1(C(Cc2cc(C)ccc2OC)NN)CCCC1. The van der Waals surface area contributed by atoms with Gasteiger partial charge in [-0.15, -0.1) is 0 Å². The molecular formula is C17H28N2O. The smallest absolute Gasteiger partial charge is 0.122 e. The van der Waals surface area contributed by atoms with Gasteiger partial charge in [-0.25, -0.2) is 0 Å². The van der Waals surface area contributed by atoms with Crippen molar-refractivity contribution in [1.29, 1.82) is 0 Å². The third-order valence-electron chi connectivity index (χ3n) is 5.10. The van der Waals surface area contributed by atoms with Crippen molar-refractivity contribution >= 4 is 0 Å². The number of ether oxygens (including phenoxy) is 1. The maximum Gasteiger partial charge on any atom is 0.122 e. The first-order valence-electron chi connectivity index (χ1n) is 7.75. The van der Waals surface area contributed by atoms with Gasteiger partial charge in [-0.05, 0) is 49.7 Å². The van der Waals surface area contributed by atoms with E-state index in [0.717, 1.165) is 12.2 Å². The molecule has 1 aromatic rings. The molecule has 0 aliphatic heterocycles. The van der Waals surface area contributed by atoms with Crippen molar-refractivity contribution in [2.45, 2.75) is 58.4 Å². The van der Waals surface area contributed by atoms with Crippen molar-refractivity contribution < 1.29 is 4.74 Å². The van der Waals surface area contributed by atoms with Gasteiger partial charge in [0.25, 0.3) is 0 Å². The van der Waals surface area contributed by atoms with Crippen LogP contribution in [0.2, 0.25) is 0 Å². The summed E-state index contributed by atoms with van der Waals surface area (Å²) in [6.07, 6.45) is 7.36. The molecule has 1 fully saturated rings. The monoisotopic (exact) mass is 276 g/mol. The zero-order valence-electron chi connectivity index (χ0n) is 13.0. The van der Waals surface area contributed by atoms with Crippen LogP contribution in [0.5, 0.6) is 5.75 Å². The Balaban J connectivity index is 2.23. The van der Waals surface area contributed by atoms with E-state index in [1.54, 1.807) is 7.11 Å². The first-order valence-corrected chi connectivity index (χ1v) is 7.75. The summed E-state index contributed by atoms with van der Waals surface area (Å²) < 4.78 is 5.51. The Labute approximate surface area is 122 Å². The largest absolute Gasteiger partial charge is 0.496 e. The summed E-state index contributed by atoms with van der Waals surface area (Å²) in [6, 6.07) is 6.71. The van der Waals surface area contributed by atoms with Gasteiger partial charge >= 0.3 is 0 Å². The first-order chi connectivity index (χ1) is 9.65. The van der Waals surface area contributed by atoms with Gasteiger partial charge in [0, 0.05) is 6.04 Å². The van der Waals surface area contributed by atoms with Crippen LogP contribution in [0.3, 0.4) is 0 Å². The van der Waals surface area contributed by atoms with E-state index in [4.69, 9.17) is 10.6 Å². The number of aryl methyl sites for hydroxylation is 1. The molecule has 3 N–H and O–H groups in total. The molecule has 3 nitrogen and oxygen atoms in total. The fraction of sp³-hybridized carbons (Fsp3) is 0.647. The number of rotatable bonds is 6. The summed E-state index contributed by atoms with van der Waals surface area (Å²) in [4.78, 5) is 0. The van der Waals surface area contributed by atoms with Gasteiger partial charge in [0.2, 0.25) is 0 Å². The highest BCUT2D eigenvalue weighted by atomic mass is 16.5. The summed E-state index contributed by atoms with van der Waals surface area (Å²) in [5, 5.41) is 0. The van der Waals surface area contributed by atoms with Gasteiger partial charge in [0.1, 0.15) is 5.75 Å². The molecule has 0 heterocycles. The molecular weight excluding hydrogens is 248 g/mol. The van der Waals surface area contributed by atoms with Crippen LogP contribution in [0.15, 0.2) is 18.2 Å². The van der Waals surface area contributed by atoms with Crippen molar-refractivity contribution in [3.63, 3.8) is 0 Å². The zero-order valence-corrected chi connectivity index (χ0v) is 13.0. The molecule has 20 heavy (non-hydrogen) atoms. The lowest BCUT2D eigenvalue weighted by Crippen LogP contribution is -2.48. The van der Waals surface area contributed by atoms with Crippen molar-refractivity contribution in [3.8, 4) is 5.75 Å². The summed E-state index contributed by atoms with van der Waals surface area (Å²) in [5.74, 6) is 6.87. The van der Waals surface area contributed by atoms with Gasteiger partial charge in [0.05, 0.1) is 7.11 Å². The van der Waals surface area contributed by atoms with Gasteiger partial charge in [-0.2, -0.15) is 0 Å². The molecule has 1 aliphatic rings. The molecule has 0 bridgehead atoms. The highest BCUT2D eigenvalue weighted by Crippen LogP contribution is 2.45. The summed E-state index contributed by atoms with van der Waals surface area (Å²) in [6.45, 7) is 4.42. The van der Waals surface area contributed by atoms with Crippen LogP contribution in [0, 0.1) is 12.3 Å². The van der Waals surface area contributed by atoms with Crippen LogP contribution in [-0.2, 0) is 6.42 Å². The molecule has 3 heteroatoms. The molecule has 1 aromatic carbocycles. The molecule has 0 aromatic heterocycles. The lowest BCUT2D eigenvalue weighted by Gasteiger charge is -2.37. The van der Waals surface area contributed by atoms with E-state index in [1.165, 1.54) is 43.2 Å². The van der Waals surface area contributed by atoms with E-state index in [1.807, 2.05) is 0 Å². The Hall–Kier alpha value is -1.06.